The Morgan fingerprint density at radius 1 is 1.12 bits per heavy atom. The highest BCUT2D eigenvalue weighted by atomic mass is 16.6. The Labute approximate surface area is 151 Å². The summed E-state index contributed by atoms with van der Waals surface area (Å²) < 4.78 is 12.9. The quantitative estimate of drug-likeness (QED) is 0.784. The number of carbonyl (C=O) groups is 1. The van der Waals surface area contributed by atoms with Crippen LogP contribution in [0.25, 0.3) is 10.9 Å². The summed E-state index contributed by atoms with van der Waals surface area (Å²) in [7, 11) is 0. The average Bonchev–Trinajstić information content (AvgIpc) is 3.11. The van der Waals surface area contributed by atoms with Gasteiger partial charge in [0.15, 0.2) is 11.5 Å². The van der Waals surface area contributed by atoms with Crippen LogP contribution in [0.1, 0.15) is 31.5 Å². The van der Waals surface area contributed by atoms with E-state index in [1.807, 2.05) is 56.3 Å². The number of benzene rings is 2. The third-order valence-electron chi connectivity index (χ3n) is 4.68. The highest BCUT2D eigenvalue weighted by Crippen LogP contribution is 2.32. The molecular weight excluding hydrogens is 330 g/mol. The molecule has 0 spiro atoms. The van der Waals surface area contributed by atoms with Crippen LogP contribution in [0.15, 0.2) is 48.7 Å². The van der Waals surface area contributed by atoms with Gasteiger partial charge in [-0.1, -0.05) is 24.3 Å². The van der Waals surface area contributed by atoms with E-state index in [2.05, 4.69) is 10.4 Å². The van der Waals surface area contributed by atoms with E-state index in [4.69, 9.17) is 9.47 Å². The molecule has 2 heterocycles. The van der Waals surface area contributed by atoms with E-state index in [1.165, 1.54) is 0 Å². The molecule has 0 fully saturated rings. The van der Waals surface area contributed by atoms with E-state index >= 15 is 0 Å². The zero-order valence-corrected chi connectivity index (χ0v) is 14.8. The van der Waals surface area contributed by atoms with Crippen LogP contribution >= 0.6 is 0 Å². The molecule has 2 unspecified atom stereocenters. The van der Waals surface area contributed by atoms with Crippen molar-refractivity contribution in [1.82, 2.24) is 15.1 Å². The summed E-state index contributed by atoms with van der Waals surface area (Å²) in [6.07, 6.45) is 1.78. The molecule has 26 heavy (non-hydrogen) atoms. The van der Waals surface area contributed by atoms with Crippen molar-refractivity contribution in [3.05, 3.63) is 54.2 Å². The normalized spacial score (nSPS) is 15.5. The second kappa shape index (κ2) is 6.71. The maximum Gasteiger partial charge on any atom is 0.245 e. The first-order valence-electron chi connectivity index (χ1n) is 8.75. The predicted molar refractivity (Wildman–Crippen MR) is 98.4 cm³/mol. The van der Waals surface area contributed by atoms with Crippen LogP contribution in [0.2, 0.25) is 0 Å². The Hall–Kier alpha value is -3.02. The van der Waals surface area contributed by atoms with Gasteiger partial charge in [-0.05, 0) is 37.6 Å². The molecule has 1 aliphatic rings. The molecule has 134 valence electrons. The minimum absolute atomic E-state index is 0.0822. The monoisotopic (exact) mass is 351 g/mol. The summed E-state index contributed by atoms with van der Waals surface area (Å²) >= 11 is 0. The van der Waals surface area contributed by atoms with Gasteiger partial charge in [-0.3, -0.25) is 9.48 Å². The molecular formula is C20H21N3O3. The number of amides is 1. The number of hydrogen-bond donors (Lipinski definition) is 1. The SMILES string of the molecule is CC(NC(=O)C(C)n1ncc2ccccc21)c1ccc2c(c1)OCCO2. The fraction of sp³-hybridized carbons (Fsp3) is 0.300. The van der Waals surface area contributed by atoms with Crippen LogP contribution in [0, 0.1) is 0 Å². The first kappa shape index (κ1) is 16.4. The number of ether oxygens (including phenoxy) is 2. The summed E-state index contributed by atoms with van der Waals surface area (Å²) in [5, 5.41) is 8.45. The lowest BCUT2D eigenvalue weighted by Crippen LogP contribution is -2.33. The van der Waals surface area contributed by atoms with Gasteiger partial charge in [-0.2, -0.15) is 5.10 Å². The molecule has 0 saturated heterocycles. The van der Waals surface area contributed by atoms with E-state index in [1.54, 1.807) is 10.9 Å². The molecule has 0 radical (unpaired) electrons. The fourth-order valence-electron chi connectivity index (χ4n) is 3.16. The van der Waals surface area contributed by atoms with Crippen LogP contribution in [-0.2, 0) is 4.79 Å². The fourth-order valence-corrected chi connectivity index (χ4v) is 3.16. The van der Waals surface area contributed by atoms with Gasteiger partial charge < -0.3 is 14.8 Å². The summed E-state index contributed by atoms with van der Waals surface area (Å²) in [6.45, 7) is 4.91. The number of carbonyl (C=O) groups excluding carboxylic acids is 1. The van der Waals surface area contributed by atoms with Crippen LogP contribution in [0.5, 0.6) is 11.5 Å². The second-order valence-corrected chi connectivity index (χ2v) is 6.46. The van der Waals surface area contributed by atoms with E-state index in [0.29, 0.717) is 13.2 Å². The molecule has 2 atom stereocenters. The highest BCUT2D eigenvalue weighted by Gasteiger charge is 2.21. The zero-order valence-electron chi connectivity index (χ0n) is 14.8. The van der Waals surface area contributed by atoms with Crippen LogP contribution in [0.4, 0.5) is 0 Å². The second-order valence-electron chi connectivity index (χ2n) is 6.46. The van der Waals surface area contributed by atoms with Crippen molar-refractivity contribution in [3.8, 4) is 11.5 Å². The Bertz CT molecular complexity index is 950. The molecule has 0 bridgehead atoms. The summed E-state index contributed by atoms with van der Waals surface area (Å²) in [6, 6.07) is 13.1. The number of hydrogen-bond acceptors (Lipinski definition) is 4. The minimum Gasteiger partial charge on any atom is -0.486 e. The van der Waals surface area contributed by atoms with Gasteiger partial charge in [0.25, 0.3) is 0 Å². The van der Waals surface area contributed by atoms with Crippen molar-refractivity contribution in [3.63, 3.8) is 0 Å². The third kappa shape index (κ3) is 2.98. The van der Waals surface area contributed by atoms with Gasteiger partial charge in [0.05, 0.1) is 17.8 Å². The van der Waals surface area contributed by atoms with Crippen molar-refractivity contribution in [2.45, 2.75) is 25.9 Å². The summed E-state index contributed by atoms with van der Waals surface area (Å²) in [5.74, 6) is 1.39. The molecule has 1 N–H and O–H groups in total. The molecule has 6 heteroatoms. The molecule has 6 nitrogen and oxygen atoms in total. The summed E-state index contributed by atoms with van der Waals surface area (Å²) in [5.41, 5.74) is 1.92. The van der Waals surface area contributed by atoms with Crippen molar-refractivity contribution >= 4 is 16.8 Å². The number of nitrogens with zero attached hydrogens (tertiary/aromatic N) is 2. The van der Waals surface area contributed by atoms with E-state index in [-0.39, 0.29) is 11.9 Å². The lowest BCUT2D eigenvalue weighted by atomic mass is 10.1. The lowest BCUT2D eigenvalue weighted by Gasteiger charge is -2.22. The number of aromatic nitrogens is 2. The molecule has 4 rings (SSSR count). The third-order valence-corrected chi connectivity index (χ3v) is 4.68. The maximum atomic E-state index is 12.7. The number of para-hydroxylation sites is 1. The number of rotatable bonds is 4. The molecule has 1 aromatic heterocycles. The maximum absolute atomic E-state index is 12.7. The van der Waals surface area contributed by atoms with E-state index < -0.39 is 6.04 Å². The average molecular weight is 351 g/mol. The molecule has 1 aliphatic heterocycles. The first-order chi connectivity index (χ1) is 12.6. The number of nitrogens with one attached hydrogen (secondary N) is 1. The molecule has 1 amide bonds. The molecule has 3 aromatic rings. The minimum atomic E-state index is -0.408. The van der Waals surface area contributed by atoms with Gasteiger partial charge >= 0.3 is 0 Å². The van der Waals surface area contributed by atoms with Crippen molar-refractivity contribution in [2.75, 3.05) is 13.2 Å². The van der Waals surface area contributed by atoms with Crippen molar-refractivity contribution < 1.29 is 14.3 Å². The largest absolute Gasteiger partial charge is 0.486 e. The molecule has 0 saturated carbocycles. The predicted octanol–water partition coefficient (Wildman–Crippen LogP) is 3.25. The van der Waals surface area contributed by atoms with E-state index in [9.17, 15) is 4.79 Å². The zero-order chi connectivity index (χ0) is 18.1. The Balaban J connectivity index is 1.50. The number of fused-ring (bicyclic) bond motifs is 2. The Morgan fingerprint density at radius 3 is 2.73 bits per heavy atom. The van der Waals surface area contributed by atoms with Crippen LogP contribution in [-0.4, -0.2) is 28.9 Å². The lowest BCUT2D eigenvalue weighted by molar-refractivity contribution is -0.124. The van der Waals surface area contributed by atoms with Gasteiger partial charge in [-0.15, -0.1) is 0 Å². The Morgan fingerprint density at radius 2 is 1.88 bits per heavy atom. The van der Waals surface area contributed by atoms with Gasteiger partial charge in [0, 0.05) is 5.39 Å². The summed E-state index contributed by atoms with van der Waals surface area (Å²) in [4.78, 5) is 12.7. The van der Waals surface area contributed by atoms with Gasteiger partial charge in [0.1, 0.15) is 19.3 Å². The van der Waals surface area contributed by atoms with Crippen molar-refractivity contribution in [2.24, 2.45) is 0 Å². The van der Waals surface area contributed by atoms with Crippen molar-refractivity contribution in [1.29, 1.82) is 0 Å². The Kier molecular flexibility index (Phi) is 4.24. The highest BCUT2D eigenvalue weighted by molar-refractivity contribution is 5.84. The van der Waals surface area contributed by atoms with Gasteiger partial charge in [0.2, 0.25) is 5.91 Å². The first-order valence-corrected chi connectivity index (χ1v) is 8.75. The molecule has 0 aliphatic carbocycles. The standard InChI is InChI=1S/C20H21N3O3/c1-13(15-7-8-18-19(11-15)26-10-9-25-18)22-20(24)14(2)23-17-6-4-3-5-16(17)12-21-23/h3-8,11-14H,9-10H2,1-2H3,(H,22,24). The van der Waals surface area contributed by atoms with E-state index in [0.717, 1.165) is 28.0 Å². The van der Waals surface area contributed by atoms with Crippen LogP contribution in [0.3, 0.4) is 0 Å². The molecule has 2 aromatic carbocycles. The smallest absolute Gasteiger partial charge is 0.245 e. The van der Waals surface area contributed by atoms with Gasteiger partial charge in [-0.25, -0.2) is 0 Å². The van der Waals surface area contributed by atoms with Crippen LogP contribution < -0.4 is 14.8 Å². The topological polar surface area (TPSA) is 65.4 Å².